The molecule has 2 rings (SSSR count). The zero-order valence-corrected chi connectivity index (χ0v) is 13.5. The van der Waals surface area contributed by atoms with E-state index in [-0.39, 0.29) is 24.0 Å². The summed E-state index contributed by atoms with van der Waals surface area (Å²) in [5.74, 6) is 0.576. The first kappa shape index (κ1) is 14.7. The van der Waals surface area contributed by atoms with E-state index in [4.69, 9.17) is 5.73 Å². The molecule has 2 nitrogen and oxygen atoms in total. The van der Waals surface area contributed by atoms with Crippen molar-refractivity contribution in [3.05, 3.63) is 23.8 Å². The van der Waals surface area contributed by atoms with E-state index in [1.54, 1.807) is 11.3 Å². The van der Waals surface area contributed by atoms with Gasteiger partial charge in [0.1, 0.15) is 5.52 Å². The van der Waals surface area contributed by atoms with Crippen molar-refractivity contribution >= 4 is 26.7 Å². The van der Waals surface area contributed by atoms with Crippen LogP contribution in [0.25, 0.3) is 10.2 Å². The predicted octanol–water partition coefficient (Wildman–Crippen LogP) is 0.308. The lowest BCUT2D eigenvalue weighted by molar-refractivity contribution is -0.653. The molecule has 94 valence electrons. The van der Waals surface area contributed by atoms with Gasteiger partial charge in [-0.25, -0.2) is 4.57 Å². The van der Waals surface area contributed by atoms with Crippen LogP contribution >= 0.6 is 11.3 Å². The van der Waals surface area contributed by atoms with Crippen molar-refractivity contribution in [3.63, 3.8) is 0 Å². The highest BCUT2D eigenvalue weighted by atomic mass is 127. The van der Waals surface area contributed by atoms with Crippen LogP contribution in [0.15, 0.2) is 18.2 Å². The number of rotatable bonds is 3. The average Bonchev–Trinajstić information content (AvgIpc) is 2.55. The van der Waals surface area contributed by atoms with Gasteiger partial charge < -0.3 is 24.0 Å². The van der Waals surface area contributed by atoms with Crippen LogP contribution in [0.4, 0.5) is 5.13 Å². The lowest BCUT2D eigenvalue weighted by atomic mass is 10.0. The van der Waals surface area contributed by atoms with E-state index in [0.717, 1.165) is 18.1 Å². The fourth-order valence-electron chi connectivity index (χ4n) is 1.94. The Morgan fingerprint density at radius 1 is 1.35 bits per heavy atom. The largest absolute Gasteiger partial charge is 1.00 e. The first-order valence-electron chi connectivity index (χ1n) is 5.85. The number of fused-ring (bicyclic) bond motifs is 1. The van der Waals surface area contributed by atoms with E-state index in [1.165, 1.54) is 15.8 Å². The molecule has 17 heavy (non-hydrogen) atoms. The summed E-state index contributed by atoms with van der Waals surface area (Å²) in [6, 6.07) is 6.69. The number of benzene rings is 1. The normalized spacial score (nSPS) is 10.8. The molecule has 0 aliphatic rings. The Labute approximate surface area is 124 Å². The topological polar surface area (TPSA) is 29.9 Å². The maximum Gasteiger partial charge on any atom is 0.332 e. The van der Waals surface area contributed by atoms with Crippen LogP contribution in [0.5, 0.6) is 0 Å². The summed E-state index contributed by atoms with van der Waals surface area (Å²) in [5, 5.41) is 0.915. The number of halogens is 1. The number of hydrogen-bond acceptors (Lipinski definition) is 2. The van der Waals surface area contributed by atoms with Crippen LogP contribution in [0.3, 0.4) is 0 Å². The number of aryl methyl sites for hydroxylation is 1. The highest BCUT2D eigenvalue weighted by Gasteiger charge is 2.14. The Morgan fingerprint density at radius 2 is 2.06 bits per heavy atom. The highest BCUT2D eigenvalue weighted by Crippen LogP contribution is 2.26. The number of anilines is 1. The van der Waals surface area contributed by atoms with Crippen molar-refractivity contribution in [3.8, 4) is 0 Å². The molecule has 0 saturated heterocycles. The van der Waals surface area contributed by atoms with Gasteiger partial charge in [0.15, 0.2) is 0 Å². The van der Waals surface area contributed by atoms with Crippen LogP contribution < -0.4 is 34.3 Å². The van der Waals surface area contributed by atoms with Gasteiger partial charge >= 0.3 is 5.13 Å². The van der Waals surface area contributed by atoms with Gasteiger partial charge in [0, 0.05) is 0 Å². The monoisotopic (exact) mass is 362 g/mol. The fourth-order valence-corrected chi connectivity index (χ4v) is 2.94. The second-order valence-corrected chi connectivity index (χ2v) is 5.54. The second kappa shape index (κ2) is 6.00. The first-order chi connectivity index (χ1) is 7.63. The van der Waals surface area contributed by atoms with Crippen LogP contribution in [0.2, 0.25) is 0 Å². The molecular formula is C13H19IN2S. The molecule has 2 N–H and O–H groups in total. The number of nitrogens with two attached hydrogens (primary N) is 1. The van der Waals surface area contributed by atoms with Gasteiger partial charge in [-0.2, -0.15) is 0 Å². The van der Waals surface area contributed by atoms with Crippen molar-refractivity contribution in [1.29, 1.82) is 0 Å². The maximum absolute atomic E-state index is 6.05. The Kier molecular flexibility index (Phi) is 5.19. The summed E-state index contributed by atoms with van der Waals surface area (Å²) in [4.78, 5) is 0. The number of thiazole rings is 1. The minimum absolute atomic E-state index is 0. The average molecular weight is 362 g/mol. The van der Waals surface area contributed by atoms with Crippen molar-refractivity contribution in [2.45, 2.75) is 39.7 Å². The minimum atomic E-state index is 0. The SMILES string of the molecule is CCC[n+]1c(N)sc2cc(C(C)C)ccc21.[I-]. The van der Waals surface area contributed by atoms with E-state index in [2.05, 4.69) is 43.5 Å². The quantitative estimate of drug-likeness (QED) is 0.618. The molecule has 0 bridgehead atoms. The molecule has 0 atom stereocenters. The molecule has 0 aliphatic carbocycles. The summed E-state index contributed by atoms with van der Waals surface area (Å²) in [5.41, 5.74) is 8.71. The summed E-state index contributed by atoms with van der Waals surface area (Å²) in [6.45, 7) is 7.63. The summed E-state index contributed by atoms with van der Waals surface area (Å²) >= 11 is 1.69. The highest BCUT2D eigenvalue weighted by molar-refractivity contribution is 7.21. The molecule has 4 heteroatoms. The van der Waals surface area contributed by atoms with E-state index in [9.17, 15) is 0 Å². The maximum atomic E-state index is 6.05. The third kappa shape index (κ3) is 2.91. The van der Waals surface area contributed by atoms with E-state index >= 15 is 0 Å². The molecule has 0 unspecified atom stereocenters. The molecule has 0 spiro atoms. The van der Waals surface area contributed by atoms with E-state index in [0.29, 0.717) is 5.92 Å². The lowest BCUT2D eigenvalue weighted by Gasteiger charge is -2.04. The summed E-state index contributed by atoms with van der Waals surface area (Å²) < 4.78 is 3.52. The fraction of sp³-hybridized carbons (Fsp3) is 0.462. The standard InChI is InChI=1S/C13H18N2S.HI/c1-4-7-15-11-6-5-10(9(2)3)8-12(11)16-13(15)14;/h5-6,8-9,14H,4,7H2,1-3H3;1H. The van der Waals surface area contributed by atoms with Gasteiger partial charge in [0.25, 0.3) is 0 Å². The minimum Gasteiger partial charge on any atom is -1.00 e. The van der Waals surface area contributed by atoms with E-state index < -0.39 is 0 Å². The third-order valence-electron chi connectivity index (χ3n) is 2.87. The lowest BCUT2D eigenvalue weighted by Crippen LogP contribution is -3.00. The number of aromatic nitrogens is 1. The van der Waals surface area contributed by atoms with Crippen molar-refractivity contribution in [2.75, 3.05) is 5.73 Å². The van der Waals surface area contributed by atoms with Crippen LogP contribution in [0, 0.1) is 0 Å². The number of nitrogen functional groups attached to an aromatic ring is 1. The van der Waals surface area contributed by atoms with Gasteiger partial charge in [0.2, 0.25) is 0 Å². The molecule has 1 heterocycles. The Balaban J connectivity index is 0.00000144. The molecule has 0 amide bonds. The van der Waals surface area contributed by atoms with Crippen LogP contribution in [-0.2, 0) is 6.54 Å². The van der Waals surface area contributed by atoms with Gasteiger partial charge in [-0.05, 0) is 41.4 Å². The van der Waals surface area contributed by atoms with Crippen molar-refractivity contribution < 1.29 is 28.5 Å². The molecule has 0 radical (unpaired) electrons. The summed E-state index contributed by atoms with van der Waals surface area (Å²) in [7, 11) is 0. The van der Waals surface area contributed by atoms with Gasteiger partial charge in [0.05, 0.1) is 11.2 Å². The van der Waals surface area contributed by atoms with Gasteiger partial charge in [-0.15, -0.1) is 0 Å². The Morgan fingerprint density at radius 3 is 2.65 bits per heavy atom. The molecule has 2 aromatic rings. The molecule has 0 fully saturated rings. The third-order valence-corrected chi connectivity index (χ3v) is 3.85. The molecule has 1 aromatic carbocycles. The van der Waals surface area contributed by atoms with Crippen molar-refractivity contribution in [1.82, 2.24) is 0 Å². The molecule has 1 aromatic heterocycles. The number of nitrogens with zero attached hydrogens (tertiary/aromatic N) is 1. The Hall–Kier alpha value is -0.360. The number of hydrogen-bond donors (Lipinski definition) is 1. The zero-order valence-electron chi connectivity index (χ0n) is 10.5. The second-order valence-electron chi connectivity index (χ2n) is 4.47. The Bertz CT molecular complexity index is 505. The van der Waals surface area contributed by atoms with Crippen molar-refractivity contribution in [2.24, 2.45) is 0 Å². The molecule has 0 saturated carbocycles. The predicted molar refractivity (Wildman–Crippen MR) is 70.8 cm³/mol. The van der Waals surface area contributed by atoms with Gasteiger partial charge in [-0.3, -0.25) is 5.73 Å². The molecular weight excluding hydrogens is 343 g/mol. The first-order valence-corrected chi connectivity index (χ1v) is 6.67. The van der Waals surface area contributed by atoms with Gasteiger partial charge in [-0.1, -0.05) is 26.8 Å². The summed E-state index contributed by atoms with van der Waals surface area (Å²) in [6.07, 6.45) is 1.12. The zero-order chi connectivity index (χ0) is 11.7. The van der Waals surface area contributed by atoms with Crippen LogP contribution in [-0.4, -0.2) is 0 Å². The van der Waals surface area contributed by atoms with E-state index in [1.807, 2.05) is 0 Å². The van der Waals surface area contributed by atoms with Crippen LogP contribution in [0.1, 0.15) is 38.7 Å². The molecule has 0 aliphatic heterocycles. The smallest absolute Gasteiger partial charge is 0.332 e.